The lowest BCUT2D eigenvalue weighted by Crippen LogP contribution is -2.48. The zero-order valence-electron chi connectivity index (χ0n) is 20.0. The summed E-state index contributed by atoms with van der Waals surface area (Å²) in [6.45, 7) is 5.50. The minimum atomic E-state index is -4.09. The number of nitrogens with one attached hydrogen (secondary N) is 1. The lowest BCUT2D eigenvalue weighted by molar-refractivity contribution is -0.00392. The zero-order chi connectivity index (χ0) is 25.1. The first-order valence-electron chi connectivity index (χ1n) is 10.9. The van der Waals surface area contributed by atoms with Gasteiger partial charge in [-0.1, -0.05) is 24.3 Å². The van der Waals surface area contributed by atoms with Gasteiger partial charge in [0.15, 0.2) is 0 Å². The number of amides is 1. The van der Waals surface area contributed by atoms with E-state index in [9.17, 15) is 17.6 Å². The quantitative estimate of drug-likeness (QED) is 0.562. The first-order chi connectivity index (χ1) is 16.0. The second-order valence-electron chi connectivity index (χ2n) is 8.75. The average Bonchev–Trinajstić information content (AvgIpc) is 2.99. The molecule has 11 heteroatoms. The number of benzene rings is 2. The van der Waals surface area contributed by atoms with Gasteiger partial charge in [0.2, 0.25) is 0 Å². The van der Waals surface area contributed by atoms with Crippen molar-refractivity contribution in [2.45, 2.75) is 38.9 Å². The van der Waals surface area contributed by atoms with Gasteiger partial charge in [0, 0.05) is 20.7 Å². The number of hydrogen-bond acceptors (Lipinski definition) is 6. The standard InChI is InChI=1S/C23H31FN4O5S/c1-23(2,3)33-22(29)26(25-4)16-17(32-5)14-15-27-20-12-8-9-13-21(20)28(34(27,30)31)19-11-7-6-10-18(19)24/h6-13,17,25H,14-16H2,1-5H3/t17-/m0/s1. The molecule has 0 radical (unpaired) electrons. The first-order valence-corrected chi connectivity index (χ1v) is 12.3. The summed E-state index contributed by atoms with van der Waals surface area (Å²) in [5.41, 5.74) is 2.87. The van der Waals surface area contributed by atoms with Crippen LogP contribution < -0.4 is 14.0 Å². The molecule has 1 amide bonds. The Bertz CT molecular complexity index is 1120. The summed E-state index contributed by atoms with van der Waals surface area (Å²) >= 11 is 0. The summed E-state index contributed by atoms with van der Waals surface area (Å²) in [5.74, 6) is -0.639. The zero-order valence-corrected chi connectivity index (χ0v) is 20.8. The number of carbonyl (C=O) groups is 1. The van der Waals surface area contributed by atoms with Crippen LogP contribution in [0.4, 0.5) is 26.2 Å². The number of anilines is 3. The predicted molar refractivity (Wildman–Crippen MR) is 129 cm³/mol. The molecule has 186 valence electrons. The highest BCUT2D eigenvalue weighted by Crippen LogP contribution is 2.45. The van der Waals surface area contributed by atoms with Crippen LogP contribution in [0.25, 0.3) is 0 Å². The SMILES string of the molecule is CNN(C[C@H](CCN1c2ccccc2N(c2ccccc2F)S1(=O)=O)OC)C(=O)OC(C)(C)C. The topological polar surface area (TPSA) is 91.4 Å². The van der Waals surface area contributed by atoms with Crippen LogP contribution in [0.2, 0.25) is 0 Å². The summed E-state index contributed by atoms with van der Waals surface area (Å²) in [4.78, 5) is 12.4. The predicted octanol–water partition coefficient (Wildman–Crippen LogP) is 3.81. The number of rotatable bonds is 8. The first kappa shape index (κ1) is 25.7. The molecular formula is C23H31FN4O5S. The number of halogens is 1. The summed E-state index contributed by atoms with van der Waals surface area (Å²) in [5, 5.41) is 1.28. The Labute approximate surface area is 200 Å². The van der Waals surface area contributed by atoms with E-state index in [1.807, 2.05) is 0 Å². The molecule has 0 saturated heterocycles. The van der Waals surface area contributed by atoms with Gasteiger partial charge in [-0.25, -0.2) is 23.9 Å². The van der Waals surface area contributed by atoms with Crippen molar-refractivity contribution in [1.29, 1.82) is 0 Å². The molecule has 1 heterocycles. The highest BCUT2D eigenvalue weighted by Gasteiger charge is 2.42. The lowest BCUT2D eigenvalue weighted by atomic mass is 10.2. The Hall–Kier alpha value is -2.89. The number of hydrazine groups is 1. The van der Waals surface area contributed by atoms with Gasteiger partial charge in [-0.3, -0.25) is 4.31 Å². The van der Waals surface area contributed by atoms with Crippen molar-refractivity contribution in [2.24, 2.45) is 0 Å². The largest absolute Gasteiger partial charge is 0.443 e. The monoisotopic (exact) mass is 494 g/mol. The summed E-state index contributed by atoms with van der Waals surface area (Å²) in [7, 11) is -1.01. The van der Waals surface area contributed by atoms with E-state index in [0.717, 1.165) is 4.31 Å². The Balaban J connectivity index is 1.81. The van der Waals surface area contributed by atoms with Crippen LogP contribution in [-0.2, 0) is 19.7 Å². The molecule has 1 N–H and O–H groups in total. The Morgan fingerprint density at radius 1 is 1.09 bits per heavy atom. The number of nitrogens with zero attached hydrogens (tertiary/aromatic N) is 3. The van der Waals surface area contributed by atoms with E-state index < -0.39 is 33.8 Å². The molecule has 0 fully saturated rings. The number of hydrogen-bond donors (Lipinski definition) is 1. The molecule has 0 aromatic heterocycles. The maximum atomic E-state index is 14.5. The maximum Gasteiger partial charge on any atom is 0.424 e. The van der Waals surface area contributed by atoms with Crippen molar-refractivity contribution in [1.82, 2.24) is 10.4 Å². The molecular weight excluding hydrogens is 463 g/mol. The molecule has 2 aromatic carbocycles. The van der Waals surface area contributed by atoms with E-state index >= 15 is 0 Å². The fraction of sp³-hybridized carbons (Fsp3) is 0.435. The van der Waals surface area contributed by atoms with Crippen molar-refractivity contribution in [2.75, 3.05) is 35.9 Å². The number of fused-ring (bicyclic) bond motifs is 1. The Morgan fingerprint density at radius 3 is 2.24 bits per heavy atom. The van der Waals surface area contributed by atoms with E-state index in [-0.39, 0.29) is 25.2 Å². The second kappa shape index (κ2) is 10.2. The summed E-state index contributed by atoms with van der Waals surface area (Å²) in [6, 6.07) is 12.5. The second-order valence-corrected chi connectivity index (χ2v) is 10.4. The highest BCUT2D eigenvalue weighted by molar-refractivity contribution is 7.95. The lowest BCUT2D eigenvalue weighted by Gasteiger charge is -2.29. The molecule has 34 heavy (non-hydrogen) atoms. The van der Waals surface area contributed by atoms with Gasteiger partial charge in [0.1, 0.15) is 11.4 Å². The van der Waals surface area contributed by atoms with Crippen LogP contribution in [0.15, 0.2) is 48.5 Å². The Morgan fingerprint density at radius 2 is 1.68 bits per heavy atom. The molecule has 1 aliphatic heterocycles. The molecule has 0 saturated carbocycles. The number of para-hydroxylation sites is 3. The van der Waals surface area contributed by atoms with Gasteiger partial charge < -0.3 is 9.47 Å². The van der Waals surface area contributed by atoms with Gasteiger partial charge in [-0.05, 0) is 51.5 Å². The van der Waals surface area contributed by atoms with Crippen LogP contribution in [0.1, 0.15) is 27.2 Å². The van der Waals surface area contributed by atoms with Crippen LogP contribution in [0, 0.1) is 5.82 Å². The van der Waals surface area contributed by atoms with E-state index in [4.69, 9.17) is 9.47 Å². The van der Waals surface area contributed by atoms with Gasteiger partial charge in [-0.2, -0.15) is 8.42 Å². The third-order valence-electron chi connectivity index (χ3n) is 5.21. The van der Waals surface area contributed by atoms with Crippen LogP contribution >= 0.6 is 0 Å². The average molecular weight is 495 g/mol. The van der Waals surface area contributed by atoms with Gasteiger partial charge in [0.25, 0.3) is 0 Å². The number of methoxy groups -OCH3 is 1. The molecule has 0 unspecified atom stereocenters. The molecule has 1 aliphatic rings. The third kappa shape index (κ3) is 5.43. The fourth-order valence-corrected chi connectivity index (χ4v) is 5.36. The highest BCUT2D eigenvalue weighted by atomic mass is 32.2. The smallest absolute Gasteiger partial charge is 0.424 e. The summed E-state index contributed by atoms with van der Waals surface area (Å²) in [6.07, 6.45) is -0.789. The van der Waals surface area contributed by atoms with Crippen LogP contribution in [-0.4, -0.2) is 58.5 Å². The minimum absolute atomic E-state index is 0.0491. The minimum Gasteiger partial charge on any atom is -0.443 e. The van der Waals surface area contributed by atoms with Crippen LogP contribution in [0.3, 0.4) is 0 Å². The van der Waals surface area contributed by atoms with E-state index in [1.54, 1.807) is 58.2 Å². The molecule has 9 nitrogen and oxygen atoms in total. The fourth-order valence-electron chi connectivity index (χ4n) is 3.62. The van der Waals surface area contributed by atoms with Crippen molar-refractivity contribution in [3.63, 3.8) is 0 Å². The van der Waals surface area contributed by atoms with E-state index in [0.29, 0.717) is 11.4 Å². The van der Waals surface area contributed by atoms with Crippen molar-refractivity contribution < 1.29 is 27.1 Å². The van der Waals surface area contributed by atoms with Crippen molar-refractivity contribution >= 4 is 33.4 Å². The van der Waals surface area contributed by atoms with Gasteiger partial charge in [0.05, 0.1) is 29.7 Å². The molecule has 2 aromatic rings. The van der Waals surface area contributed by atoms with Gasteiger partial charge in [-0.15, -0.1) is 0 Å². The van der Waals surface area contributed by atoms with E-state index in [1.165, 1.54) is 34.6 Å². The van der Waals surface area contributed by atoms with Gasteiger partial charge >= 0.3 is 16.3 Å². The van der Waals surface area contributed by atoms with Crippen molar-refractivity contribution in [3.05, 3.63) is 54.3 Å². The molecule has 0 spiro atoms. The maximum absolute atomic E-state index is 14.5. The summed E-state index contributed by atoms with van der Waals surface area (Å²) < 4.78 is 54.7. The van der Waals surface area contributed by atoms with E-state index in [2.05, 4.69) is 5.43 Å². The molecule has 0 aliphatic carbocycles. The molecule has 3 rings (SSSR count). The van der Waals surface area contributed by atoms with Crippen molar-refractivity contribution in [3.8, 4) is 0 Å². The van der Waals surface area contributed by atoms with Crippen LogP contribution in [0.5, 0.6) is 0 Å². The number of ether oxygens (including phenoxy) is 2. The number of carbonyl (C=O) groups excluding carboxylic acids is 1. The molecule has 1 atom stereocenters. The third-order valence-corrected chi connectivity index (χ3v) is 7.00. The molecule has 0 bridgehead atoms. The Kier molecular flexibility index (Phi) is 7.69. The normalized spacial score (nSPS) is 15.7.